The molecule has 0 radical (unpaired) electrons. The van der Waals surface area contributed by atoms with E-state index in [9.17, 15) is 24.0 Å². The number of hydrogen-bond donors (Lipinski definition) is 3. The van der Waals surface area contributed by atoms with Crippen molar-refractivity contribution in [3.8, 4) is 0 Å². The SMILES string of the molecule is C=CCNC(=O)C(=O)[C@@H](CCC)NC(=O)[C@@H]1C2[C@H](CN1C(=O)C(NC(=O)OC1CCC(C)C1)C(C)(C)C)C2(C)C. The number of rotatable bonds is 11. The second-order valence-corrected chi connectivity index (χ2v) is 13.5. The number of piperidine rings is 1. The molecule has 1 saturated heterocycles. The molecule has 10 nitrogen and oxygen atoms in total. The van der Waals surface area contributed by atoms with Gasteiger partial charge in [0.1, 0.15) is 18.2 Å². The molecular weight excluding hydrogens is 512 g/mol. The van der Waals surface area contributed by atoms with Crippen LogP contribution in [-0.4, -0.2) is 71.8 Å². The predicted octanol–water partition coefficient (Wildman–Crippen LogP) is 2.96. The average molecular weight is 561 g/mol. The summed E-state index contributed by atoms with van der Waals surface area (Å²) >= 11 is 0. The standard InChI is InChI=1S/C30H48N4O6/c1-9-11-20(23(35)26(37)31-14-10-2)32-25(36)22-21-19(30(21,7)8)16-34(22)27(38)24(29(4,5)6)33-28(39)40-18-13-12-17(3)15-18/h10,17-22,24H,2,9,11-16H2,1,3-8H3,(H,31,37)(H,32,36)(H,33,39)/t17?,18?,19-,20+,21?,22-,24?/m0/s1. The van der Waals surface area contributed by atoms with Crippen molar-refractivity contribution >= 4 is 29.6 Å². The van der Waals surface area contributed by atoms with Crippen molar-refractivity contribution in [2.45, 2.75) is 105 Å². The van der Waals surface area contributed by atoms with Crippen LogP contribution in [0, 0.1) is 28.6 Å². The average Bonchev–Trinajstić information content (AvgIpc) is 3.21. The number of hydrogen-bond acceptors (Lipinski definition) is 6. The zero-order valence-electron chi connectivity index (χ0n) is 25.2. The fraction of sp³-hybridized carbons (Fsp3) is 0.767. The summed E-state index contributed by atoms with van der Waals surface area (Å²) in [6, 6.07) is -2.72. The van der Waals surface area contributed by atoms with Crippen LogP contribution >= 0.6 is 0 Å². The van der Waals surface area contributed by atoms with Gasteiger partial charge < -0.3 is 25.6 Å². The van der Waals surface area contributed by atoms with Crippen LogP contribution in [0.1, 0.15) is 80.6 Å². The van der Waals surface area contributed by atoms with Gasteiger partial charge in [0, 0.05) is 13.1 Å². The van der Waals surface area contributed by atoms with Crippen LogP contribution in [0.15, 0.2) is 12.7 Å². The molecule has 2 aliphatic carbocycles. The lowest BCUT2D eigenvalue weighted by Gasteiger charge is -2.37. The highest BCUT2D eigenvalue weighted by molar-refractivity contribution is 6.38. The van der Waals surface area contributed by atoms with Crippen LogP contribution in [0.25, 0.3) is 0 Å². The molecule has 1 heterocycles. The summed E-state index contributed by atoms with van der Waals surface area (Å²) < 4.78 is 5.63. The Labute approximate surface area is 238 Å². The molecule has 7 atom stereocenters. The Balaban J connectivity index is 1.78. The number of carbonyl (C=O) groups excluding carboxylic acids is 5. The van der Waals surface area contributed by atoms with Gasteiger partial charge in [0.05, 0.1) is 6.04 Å². The highest BCUT2D eigenvalue weighted by Crippen LogP contribution is 2.65. The van der Waals surface area contributed by atoms with Gasteiger partial charge in [-0.3, -0.25) is 19.2 Å². The van der Waals surface area contributed by atoms with Gasteiger partial charge in [0.15, 0.2) is 0 Å². The Bertz CT molecular complexity index is 1020. The molecular formula is C30H48N4O6. The molecule has 0 aromatic rings. The van der Waals surface area contributed by atoms with Gasteiger partial charge in [-0.1, -0.05) is 61.0 Å². The van der Waals surface area contributed by atoms with E-state index in [1.54, 1.807) is 4.90 Å². The minimum absolute atomic E-state index is 0.0871. The number of nitrogens with zero attached hydrogens (tertiary/aromatic N) is 1. The smallest absolute Gasteiger partial charge is 0.408 e. The predicted molar refractivity (Wildman–Crippen MR) is 151 cm³/mol. The monoisotopic (exact) mass is 560 g/mol. The third-order valence-electron chi connectivity index (χ3n) is 8.90. The molecule has 10 heteroatoms. The number of ether oxygens (including phenoxy) is 1. The van der Waals surface area contributed by atoms with Gasteiger partial charge in [-0.15, -0.1) is 6.58 Å². The molecule has 4 unspecified atom stereocenters. The summed E-state index contributed by atoms with van der Waals surface area (Å²) in [5.74, 6) is -1.79. The first-order valence-corrected chi connectivity index (χ1v) is 14.6. The third-order valence-corrected chi connectivity index (χ3v) is 8.90. The van der Waals surface area contributed by atoms with E-state index < -0.39 is 47.2 Å². The zero-order chi connectivity index (χ0) is 30.0. The molecule has 3 N–H and O–H groups in total. The lowest BCUT2D eigenvalue weighted by Crippen LogP contribution is -2.60. The van der Waals surface area contributed by atoms with E-state index in [2.05, 4.69) is 43.3 Å². The minimum Gasteiger partial charge on any atom is -0.446 e. The van der Waals surface area contributed by atoms with E-state index in [-0.39, 0.29) is 35.8 Å². The fourth-order valence-corrected chi connectivity index (χ4v) is 6.42. The van der Waals surface area contributed by atoms with E-state index in [0.717, 1.165) is 19.3 Å². The summed E-state index contributed by atoms with van der Waals surface area (Å²) in [6.45, 7) is 17.8. The molecule has 1 aliphatic heterocycles. The molecule has 0 aromatic heterocycles. The second-order valence-electron chi connectivity index (χ2n) is 13.5. The summed E-state index contributed by atoms with van der Waals surface area (Å²) in [7, 11) is 0. The molecule has 2 saturated carbocycles. The molecule has 0 bridgehead atoms. The Morgan fingerprint density at radius 1 is 1.12 bits per heavy atom. The van der Waals surface area contributed by atoms with Gasteiger partial charge in [-0.25, -0.2) is 4.79 Å². The van der Waals surface area contributed by atoms with Crippen LogP contribution in [0.2, 0.25) is 0 Å². The van der Waals surface area contributed by atoms with Crippen LogP contribution in [-0.2, 0) is 23.9 Å². The minimum atomic E-state index is -1.000. The maximum absolute atomic E-state index is 14.0. The molecule has 3 rings (SSSR count). The lowest BCUT2D eigenvalue weighted by molar-refractivity contribution is -0.145. The van der Waals surface area contributed by atoms with Gasteiger partial charge in [-0.05, 0) is 54.3 Å². The van der Waals surface area contributed by atoms with Crippen LogP contribution in [0.3, 0.4) is 0 Å². The van der Waals surface area contributed by atoms with Crippen molar-refractivity contribution in [1.29, 1.82) is 0 Å². The lowest BCUT2D eigenvalue weighted by atomic mass is 9.85. The summed E-state index contributed by atoms with van der Waals surface area (Å²) in [5, 5.41) is 8.06. The first-order valence-electron chi connectivity index (χ1n) is 14.6. The van der Waals surface area contributed by atoms with Crippen molar-refractivity contribution < 1.29 is 28.7 Å². The Kier molecular flexibility index (Phi) is 9.73. The Hall–Kier alpha value is -2.91. The van der Waals surface area contributed by atoms with Crippen molar-refractivity contribution in [1.82, 2.24) is 20.9 Å². The number of fused-ring (bicyclic) bond motifs is 1. The molecule has 224 valence electrons. The molecule has 4 amide bonds. The number of alkyl carbamates (subject to hydrolysis) is 1. The molecule has 0 aromatic carbocycles. The Morgan fingerprint density at radius 2 is 1.80 bits per heavy atom. The summed E-state index contributed by atoms with van der Waals surface area (Å²) in [6.07, 6.45) is 4.16. The third kappa shape index (κ3) is 6.86. The van der Waals surface area contributed by atoms with Gasteiger partial charge in [0.2, 0.25) is 17.6 Å². The highest BCUT2D eigenvalue weighted by Gasteiger charge is 2.70. The number of carbonyl (C=O) groups is 5. The zero-order valence-corrected chi connectivity index (χ0v) is 25.2. The number of likely N-dealkylation sites (tertiary alicyclic amines) is 1. The molecule has 0 spiro atoms. The largest absolute Gasteiger partial charge is 0.446 e. The highest BCUT2D eigenvalue weighted by atomic mass is 16.6. The first kappa shape index (κ1) is 31.6. The fourth-order valence-electron chi connectivity index (χ4n) is 6.42. The van der Waals surface area contributed by atoms with E-state index >= 15 is 0 Å². The first-order chi connectivity index (χ1) is 18.6. The number of amides is 4. The van der Waals surface area contributed by atoms with Gasteiger partial charge >= 0.3 is 6.09 Å². The van der Waals surface area contributed by atoms with Crippen molar-refractivity contribution in [2.75, 3.05) is 13.1 Å². The van der Waals surface area contributed by atoms with E-state index in [1.807, 2.05) is 27.7 Å². The normalized spacial score (nSPS) is 28.1. The number of nitrogens with one attached hydrogen (secondary N) is 3. The van der Waals surface area contributed by atoms with Crippen molar-refractivity contribution in [3.63, 3.8) is 0 Å². The summed E-state index contributed by atoms with van der Waals surface area (Å²) in [5.41, 5.74) is -0.792. The quantitative estimate of drug-likeness (QED) is 0.263. The van der Waals surface area contributed by atoms with Crippen molar-refractivity contribution in [3.05, 3.63) is 12.7 Å². The van der Waals surface area contributed by atoms with E-state index in [0.29, 0.717) is 25.3 Å². The Morgan fingerprint density at radius 3 is 2.35 bits per heavy atom. The number of ketones is 1. The van der Waals surface area contributed by atoms with E-state index in [1.165, 1.54) is 6.08 Å². The van der Waals surface area contributed by atoms with Crippen LogP contribution in [0.4, 0.5) is 4.79 Å². The second kappa shape index (κ2) is 12.3. The van der Waals surface area contributed by atoms with Gasteiger partial charge in [-0.2, -0.15) is 0 Å². The molecule has 3 fully saturated rings. The topological polar surface area (TPSA) is 134 Å². The van der Waals surface area contributed by atoms with Crippen LogP contribution < -0.4 is 16.0 Å². The van der Waals surface area contributed by atoms with Gasteiger partial charge in [0.25, 0.3) is 5.91 Å². The molecule has 40 heavy (non-hydrogen) atoms. The maximum Gasteiger partial charge on any atom is 0.408 e. The van der Waals surface area contributed by atoms with Crippen molar-refractivity contribution in [2.24, 2.45) is 28.6 Å². The van der Waals surface area contributed by atoms with Crippen LogP contribution in [0.5, 0.6) is 0 Å². The molecule has 3 aliphatic rings. The maximum atomic E-state index is 14.0. The number of Topliss-reactive ketones (excluding diaryl/α,β-unsaturated/α-hetero) is 1. The van der Waals surface area contributed by atoms with E-state index in [4.69, 9.17) is 4.74 Å². The summed E-state index contributed by atoms with van der Waals surface area (Å²) in [4.78, 5) is 67.3.